The maximum atomic E-state index is 5.81. The van der Waals surface area contributed by atoms with Gasteiger partial charge in [0, 0.05) is 12.6 Å². The highest BCUT2D eigenvalue weighted by Gasteiger charge is 2.06. The highest BCUT2D eigenvalue weighted by atomic mass is 16.5. The van der Waals surface area contributed by atoms with E-state index in [1.807, 2.05) is 12.1 Å². The van der Waals surface area contributed by atoms with Crippen molar-refractivity contribution in [2.75, 3.05) is 6.61 Å². The topological polar surface area (TPSA) is 21.3 Å². The van der Waals surface area contributed by atoms with Crippen molar-refractivity contribution in [3.05, 3.63) is 64.7 Å². The van der Waals surface area contributed by atoms with Crippen molar-refractivity contribution in [3.8, 4) is 5.75 Å². The van der Waals surface area contributed by atoms with Gasteiger partial charge in [-0.3, -0.25) is 0 Å². The van der Waals surface area contributed by atoms with E-state index >= 15 is 0 Å². The number of aryl methyl sites for hydroxylation is 3. The second-order valence-corrected chi connectivity index (χ2v) is 5.78. The molecule has 0 amide bonds. The monoisotopic (exact) mass is 283 g/mol. The Bertz CT molecular complexity index is 554. The molecule has 0 fully saturated rings. The molecule has 2 nitrogen and oxygen atoms in total. The average Bonchev–Trinajstić information content (AvgIpc) is 2.46. The highest BCUT2D eigenvalue weighted by Crippen LogP contribution is 2.14. The van der Waals surface area contributed by atoms with Crippen LogP contribution in [0.2, 0.25) is 0 Å². The minimum Gasteiger partial charge on any atom is -0.492 e. The number of benzene rings is 2. The van der Waals surface area contributed by atoms with Crippen LogP contribution in [0.5, 0.6) is 5.75 Å². The predicted octanol–water partition coefficient (Wildman–Crippen LogP) is 4.17. The molecule has 0 aliphatic rings. The number of hydrogen-bond donors (Lipinski definition) is 1. The molecular formula is C19H25NO. The molecule has 1 unspecified atom stereocenters. The fraction of sp³-hybridized carbons (Fsp3) is 0.368. The maximum Gasteiger partial charge on any atom is 0.119 e. The molecule has 0 spiro atoms. The van der Waals surface area contributed by atoms with Gasteiger partial charge in [0.1, 0.15) is 12.4 Å². The summed E-state index contributed by atoms with van der Waals surface area (Å²) in [6.07, 6.45) is 0. The summed E-state index contributed by atoms with van der Waals surface area (Å²) in [5.74, 6) is 0.932. The van der Waals surface area contributed by atoms with Crippen LogP contribution in [0.15, 0.2) is 42.5 Å². The third-order valence-electron chi connectivity index (χ3n) is 3.79. The van der Waals surface area contributed by atoms with E-state index in [4.69, 9.17) is 4.74 Å². The summed E-state index contributed by atoms with van der Waals surface area (Å²) >= 11 is 0. The van der Waals surface area contributed by atoms with E-state index in [1.165, 1.54) is 22.3 Å². The Hall–Kier alpha value is -1.80. The Kier molecular flexibility index (Phi) is 5.40. The molecule has 2 aromatic carbocycles. The highest BCUT2D eigenvalue weighted by molar-refractivity contribution is 5.33. The maximum absolute atomic E-state index is 5.81. The SMILES string of the molecule is Cc1ccc(OCC(C)NCc2c(C)cccc2C)cc1. The summed E-state index contributed by atoms with van der Waals surface area (Å²) in [6, 6.07) is 14.9. The summed E-state index contributed by atoms with van der Waals surface area (Å²) in [7, 11) is 0. The molecule has 2 heteroatoms. The van der Waals surface area contributed by atoms with Gasteiger partial charge in [0.2, 0.25) is 0 Å². The van der Waals surface area contributed by atoms with Crippen molar-refractivity contribution >= 4 is 0 Å². The summed E-state index contributed by atoms with van der Waals surface area (Å²) in [4.78, 5) is 0. The van der Waals surface area contributed by atoms with Crippen LogP contribution in [0.4, 0.5) is 0 Å². The number of rotatable bonds is 6. The van der Waals surface area contributed by atoms with Crippen LogP contribution in [0, 0.1) is 20.8 Å². The fourth-order valence-electron chi connectivity index (χ4n) is 2.32. The first-order valence-corrected chi connectivity index (χ1v) is 7.54. The molecule has 1 atom stereocenters. The minimum absolute atomic E-state index is 0.310. The van der Waals surface area contributed by atoms with E-state index < -0.39 is 0 Å². The Balaban J connectivity index is 1.82. The van der Waals surface area contributed by atoms with E-state index in [0.717, 1.165) is 12.3 Å². The molecule has 1 N–H and O–H groups in total. The van der Waals surface area contributed by atoms with Gasteiger partial charge in [-0.2, -0.15) is 0 Å². The van der Waals surface area contributed by atoms with E-state index in [9.17, 15) is 0 Å². The van der Waals surface area contributed by atoms with Gasteiger partial charge in [-0.05, 0) is 56.5 Å². The molecule has 0 aliphatic heterocycles. The van der Waals surface area contributed by atoms with Gasteiger partial charge in [0.05, 0.1) is 0 Å². The molecule has 0 saturated heterocycles. The molecule has 112 valence electrons. The van der Waals surface area contributed by atoms with Crippen LogP contribution in [-0.4, -0.2) is 12.6 Å². The van der Waals surface area contributed by atoms with Crippen molar-refractivity contribution in [2.45, 2.75) is 40.3 Å². The molecule has 21 heavy (non-hydrogen) atoms. The van der Waals surface area contributed by atoms with Gasteiger partial charge >= 0.3 is 0 Å². The smallest absolute Gasteiger partial charge is 0.119 e. The van der Waals surface area contributed by atoms with Gasteiger partial charge in [-0.25, -0.2) is 0 Å². The fourth-order valence-corrected chi connectivity index (χ4v) is 2.32. The largest absolute Gasteiger partial charge is 0.492 e. The average molecular weight is 283 g/mol. The lowest BCUT2D eigenvalue weighted by Gasteiger charge is -2.17. The Morgan fingerprint density at radius 2 is 1.57 bits per heavy atom. The Morgan fingerprint density at radius 1 is 0.952 bits per heavy atom. The minimum atomic E-state index is 0.310. The lowest BCUT2D eigenvalue weighted by Crippen LogP contribution is -2.31. The van der Waals surface area contributed by atoms with Crippen LogP contribution in [0.1, 0.15) is 29.2 Å². The number of nitrogens with one attached hydrogen (secondary N) is 1. The first kappa shape index (κ1) is 15.6. The zero-order chi connectivity index (χ0) is 15.2. The Morgan fingerprint density at radius 3 is 2.19 bits per heavy atom. The summed E-state index contributed by atoms with van der Waals surface area (Å²) in [6.45, 7) is 10.1. The van der Waals surface area contributed by atoms with Crippen molar-refractivity contribution in [1.29, 1.82) is 0 Å². The second kappa shape index (κ2) is 7.28. The van der Waals surface area contributed by atoms with E-state index in [0.29, 0.717) is 12.6 Å². The third kappa shape index (κ3) is 4.61. The summed E-state index contributed by atoms with van der Waals surface area (Å²) < 4.78 is 5.81. The molecule has 0 saturated carbocycles. The predicted molar refractivity (Wildman–Crippen MR) is 88.9 cm³/mol. The van der Waals surface area contributed by atoms with Gasteiger partial charge in [-0.15, -0.1) is 0 Å². The van der Waals surface area contributed by atoms with Gasteiger partial charge < -0.3 is 10.1 Å². The van der Waals surface area contributed by atoms with Gasteiger partial charge in [-0.1, -0.05) is 35.9 Å². The first-order valence-electron chi connectivity index (χ1n) is 7.54. The van der Waals surface area contributed by atoms with E-state index in [-0.39, 0.29) is 0 Å². The van der Waals surface area contributed by atoms with E-state index in [2.05, 4.69) is 63.3 Å². The normalized spacial score (nSPS) is 12.2. The summed E-state index contributed by atoms with van der Waals surface area (Å²) in [5, 5.41) is 3.54. The lowest BCUT2D eigenvalue weighted by atomic mass is 10.0. The molecule has 0 radical (unpaired) electrons. The molecular weight excluding hydrogens is 258 g/mol. The van der Waals surface area contributed by atoms with Crippen molar-refractivity contribution in [1.82, 2.24) is 5.32 Å². The summed E-state index contributed by atoms with van der Waals surface area (Å²) in [5.41, 5.74) is 5.33. The zero-order valence-electron chi connectivity index (χ0n) is 13.4. The molecule has 2 aromatic rings. The van der Waals surface area contributed by atoms with E-state index in [1.54, 1.807) is 0 Å². The third-order valence-corrected chi connectivity index (χ3v) is 3.79. The number of ether oxygens (including phenoxy) is 1. The molecule has 0 heterocycles. The standard InChI is InChI=1S/C19H25NO/c1-14-8-10-18(11-9-14)21-13-17(4)20-12-19-15(2)6-5-7-16(19)3/h5-11,17,20H,12-13H2,1-4H3. The molecule has 0 aromatic heterocycles. The van der Waals surface area contributed by atoms with Crippen LogP contribution < -0.4 is 10.1 Å². The zero-order valence-corrected chi connectivity index (χ0v) is 13.4. The molecule has 0 bridgehead atoms. The molecule has 2 rings (SSSR count). The second-order valence-electron chi connectivity index (χ2n) is 5.78. The van der Waals surface area contributed by atoms with Crippen LogP contribution in [-0.2, 0) is 6.54 Å². The van der Waals surface area contributed by atoms with Crippen molar-refractivity contribution < 1.29 is 4.74 Å². The Labute approximate surface area is 128 Å². The van der Waals surface area contributed by atoms with Crippen LogP contribution in [0.25, 0.3) is 0 Å². The van der Waals surface area contributed by atoms with Gasteiger partial charge in [0.25, 0.3) is 0 Å². The lowest BCUT2D eigenvalue weighted by molar-refractivity contribution is 0.272. The van der Waals surface area contributed by atoms with Crippen molar-refractivity contribution in [3.63, 3.8) is 0 Å². The van der Waals surface area contributed by atoms with Crippen LogP contribution >= 0.6 is 0 Å². The van der Waals surface area contributed by atoms with Crippen LogP contribution in [0.3, 0.4) is 0 Å². The van der Waals surface area contributed by atoms with Crippen molar-refractivity contribution in [2.24, 2.45) is 0 Å². The quantitative estimate of drug-likeness (QED) is 0.859. The number of hydrogen-bond acceptors (Lipinski definition) is 2. The first-order chi connectivity index (χ1) is 10.1. The van der Waals surface area contributed by atoms with Gasteiger partial charge in [0.15, 0.2) is 0 Å². The molecule has 0 aliphatic carbocycles.